The van der Waals surface area contributed by atoms with Crippen LogP contribution in [0.1, 0.15) is 63.2 Å². The van der Waals surface area contributed by atoms with E-state index in [1.54, 1.807) is 19.2 Å². The van der Waals surface area contributed by atoms with E-state index < -0.39 is 10.0 Å². The van der Waals surface area contributed by atoms with Crippen LogP contribution in [0.15, 0.2) is 51.4 Å². The highest BCUT2D eigenvalue weighted by Gasteiger charge is 2.29. The number of hydrogen-bond acceptors (Lipinski definition) is 3. The average Bonchev–Trinajstić information content (AvgIpc) is 2.78. The van der Waals surface area contributed by atoms with Gasteiger partial charge in [0.2, 0.25) is 10.0 Å². The lowest BCUT2D eigenvalue weighted by molar-refractivity contribution is 0.0927. The van der Waals surface area contributed by atoms with Crippen molar-refractivity contribution in [3.8, 4) is 0 Å². The Balaban J connectivity index is 1.69. The fraction of sp³-hybridized carbons (Fsp3) is 0.577. The Bertz CT molecular complexity index is 1020. The largest absolute Gasteiger partial charge is 0.352 e. The van der Waals surface area contributed by atoms with Crippen molar-refractivity contribution in [2.24, 2.45) is 23.7 Å². The molecule has 182 valence electrons. The lowest BCUT2D eigenvalue weighted by Gasteiger charge is -2.35. The van der Waals surface area contributed by atoms with Crippen LogP contribution in [0, 0.1) is 23.7 Å². The Morgan fingerprint density at radius 1 is 1.21 bits per heavy atom. The fourth-order valence-corrected chi connectivity index (χ4v) is 7.10. The van der Waals surface area contributed by atoms with Gasteiger partial charge in [0.15, 0.2) is 0 Å². The molecule has 1 amide bonds. The Labute approximate surface area is 207 Å². The minimum absolute atomic E-state index is 0.115. The molecule has 0 unspecified atom stereocenters. The summed E-state index contributed by atoms with van der Waals surface area (Å²) in [5.41, 5.74) is 1.35. The number of amides is 1. The van der Waals surface area contributed by atoms with Crippen molar-refractivity contribution >= 4 is 31.9 Å². The molecule has 0 heterocycles. The van der Waals surface area contributed by atoms with Crippen molar-refractivity contribution in [1.29, 1.82) is 0 Å². The van der Waals surface area contributed by atoms with E-state index in [1.807, 2.05) is 6.08 Å². The molecule has 1 aromatic rings. The first-order valence-corrected chi connectivity index (χ1v) is 14.2. The zero-order valence-electron chi connectivity index (χ0n) is 20.2. The molecule has 1 fully saturated rings. The number of rotatable bonds is 8. The van der Waals surface area contributed by atoms with Crippen molar-refractivity contribution in [2.75, 3.05) is 20.1 Å². The van der Waals surface area contributed by atoms with E-state index in [2.05, 4.69) is 54.2 Å². The summed E-state index contributed by atoms with van der Waals surface area (Å²) in [5, 5.41) is 3.06. The molecular formula is C26H37BrN2O3S. The smallest absolute Gasteiger partial charge is 0.251 e. The quantitative estimate of drug-likeness (QED) is 0.457. The molecule has 5 nitrogen and oxygen atoms in total. The van der Waals surface area contributed by atoms with Gasteiger partial charge in [0.1, 0.15) is 0 Å². The number of carbonyl (C=O) groups excluding carboxylic acids is 1. The van der Waals surface area contributed by atoms with Gasteiger partial charge in [-0.2, -0.15) is 4.31 Å². The highest BCUT2D eigenvalue weighted by Crippen LogP contribution is 2.36. The van der Waals surface area contributed by atoms with Crippen molar-refractivity contribution in [3.05, 3.63) is 52.0 Å². The minimum atomic E-state index is -3.75. The zero-order chi connectivity index (χ0) is 24.2. The summed E-state index contributed by atoms with van der Waals surface area (Å²) in [4.78, 5) is 13.0. The number of likely N-dealkylation sites (N-methyl/N-ethyl adjacent to an activating group) is 1. The van der Waals surface area contributed by atoms with E-state index in [9.17, 15) is 13.2 Å². The average molecular weight is 538 g/mol. The van der Waals surface area contributed by atoms with Crippen molar-refractivity contribution in [3.63, 3.8) is 0 Å². The molecule has 3 atom stereocenters. The second-order valence-corrected chi connectivity index (χ2v) is 12.9. The number of carbonyl (C=O) groups is 1. The fourth-order valence-electron chi connectivity index (χ4n) is 4.99. The van der Waals surface area contributed by atoms with Gasteiger partial charge in [-0.3, -0.25) is 4.79 Å². The molecule has 1 saturated carbocycles. The molecule has 2 aliphatic rings. The van der Waals surface area contributed by atoms with Crippen LogP contribution in [-0.4, -0.2) is 38.8 Å². The molecule has 1 N–H and O–H groups in total. The van der Waals surface area contributed by atoms with Gasteiger partial charge in [-0.05, 0) is 95.5 Å². The van der Waals surface area contributed by atoms with Gasteiger partial charge in [0.05, 0.1) is 4.90 Å². The number of halogens is 1. The predicted octanol–water partition coefficient (Wildman–Crippen LogP) is 5.78. The van der Waals surface area contributed by atoms with E-state index >= 15 is 0 Å². The number of nitrogens with zero attached hydrogens (tertiary/aromatic N) is 1. The van der Waals surface area contributed by atoms with Crippen LogP contribution < -0.4 is 5.32 Å². The highest BCUT2D eigenvalue weighted by atomic mass is 79.9. The van der Waals surface area contributed by atoms with Crippen molar-refractivity contribution < 1.29 is 13.2 Å². The molecule has 0 spiro atoms. The normalized spacial score (nSPS) is 23.6. The predicted molar refractivity (Wildman–Crippen MR) is 138 cm³/mol. The Morgan fingerprint density at radius 2 is 1.97 bits per heavy atom. The van der Waals surface area contributed by atoms with Crippen LogP contribution in [0.3, 0.4) is 0 Å². The minimum Gasteiger partial charge on any atom is -0.352 e. The van der Waals surface area contributed by atoms with E-state index in [1.165, 1.54) is 16.8 Å². The standard InChI is InChI=1S/C26H37BrN2O3S/c1-18(2)23-13-19(3)12-21(14-23)16-28-26(30)22-10-11-24(27)25(15-22)33(31,32)29(4)17-20-8-6-5-7-9-20/h6,8-11,15,18-19,21,23H,5,7,12-14,16-17H2,1-4H3,(H,28,30)/t19-,21+,23-/m0/s1. The van der Waals surface area contributed by atoms with E-state index in [-0.39, 0.29) is 10.8 Å². The SMILES string of the molecule is CC(C)[C@H]1C[C@@H](C)C[C@@H](CNC(=O)c2ccc(Br)c(S(=O)(=O)N(C)CC3=CCCC=C3)c2)C1. The molecule has 2 aliphatic carbocycles. The van der Waals surface area contributed by atoms with Gasteiger partial charge < -0.3 is 5.32 Å². The summed E-state index contributed by atoms with van der Waals surface area (Å²) in [6.07, 6.45) is 11.5. The van der Waals surface area contributed by atoms with Crippen LogP contribution in [0.4, 0.5) is 0 Å². The Morgan fingerprint density at radius 3 is 2.64 bits per heavy atom. The molecule has 1 aromatic carbocycles. The lowest BCUT2D eigenvalue weighted by atomic mass is 9.72. The molecule has 3 rings (SSSR count). The summed E-state index contributed by atoms with van der Waals surface area (Å²) in [6, 6.07) is 4.80. The van der Waals surface area contributed by atoms with Crippen LogP contribution in [0.2, 0.25) is 0 Å². The van der Waals surface area contributed by atoms with Crippen LogP contribution in [0.25, 0.3) is 0 Å². The van der Waals surface area contributed by atoms with Crippen LogP contribution >= 0.6 is 15.9 Å². The van der Waals surface area contributed by atoms with Crippen molar-refractivity contribution in [2.45, 2.75) is 57.8 Å². The summed E-state index contributed by atoms with van der Waals surface area (Å²) in [5.74, 6) is 2.26. The number of sulfonamides is 1. The maximum Gasteiger partial charge on any atom is 0.251 e. The number of nitrogens with one attached hydrogen (secondary N) is 1. The first kappa shape index (κ1) is 26.2. The third-order valence-electron chi connectivity index (χ3n) is 6.93. The first-order valence-electron chi connectivity index (χ1n) is 12.0. The summed E-state index contributed by atoms with van der Waals surface area (Å²) in [7, 11) is -2.18. The van der Waals surface area contributed by atoms with E-state index in [0.29, 0.717) is 46.8 Å². The topological polar surface area (TPSA) is 66.5 Å². The van der Waals surface area contributed by atoms with Gasteiger partial charge in [-0.15, -0.1) is 0 Å². The second kappa shape index (κ2) is 11.3. The summed E-state index contributed by atoms with van der Waals surface area (Å²) < 4.78 is 28.3. The van der Waals surface area contributed by atoms with Crippen molar-refractivity contribution in [1.82, 2.24) is 9.62 Å². The van der Waals surface area contributed by atoms with Gasteiger partial charge in [-0.25, -0.2) is 8.42 Å². The van der Waals surface area contributed by atoms with Crippen LogP contribution in [-0.2, 0) is 10.0 Å². The lowest BCUT2D eigenvalue weighted by Crippen LogP contribution is -2.35. The van der Waals surface area contributed by atoms with E-state index in [0.717, 1.165) is 31.3 Å². The Hall–Kier alpha value is -1.44. The van der Waals surface area contributed by atoms with Crippen LogP contribution in [0.5, 0.6) is 0 Å². The Kier molecular flexibility index (Phi) is 8.98. The second-order valence-electron chi connectivity index (χ2n) is 10.1. The van der Waals surface area contributed by atoms with E-state index in [4.69, 9.17) is 0 Å². The molecule has 33 heavy (non-hydrogen) atoms. The third kappa shape index (κ3) is 6.80. The molecule has 0 bridgehead atoms. The molecule has 0 saturated heterocycles. The molecule has 0 aromatic heterocycles. The van der Waals surface area contributed by atoms with Gasteiger partial charge in [0, 0.05) is 30.2 Å². The zero-order valence-corrected chi connectivity index (χ0v) is 22.6. The van der Waals surface area contributed by atoms with Gasteiger partial charge in [0.25, 0.3) is 5.91 Å². The molecule has 7 heteroatoms. The maximum absolute atomic E-state index is 13.3. The maximum atomic E-state index is 13.3. The monoisotopic (exact) mass is 536 g/mol. The van der Waals surface area contributed by atoms with Gasteiger partial charge >= 0.3 is 0 Å². The summed E-state index contributed by atoms with van der Waals surface area (Å²) in [6.45, 7) is 7.79. The number of benzene rings is 1. The first-order chi connectivity index (χ1) is 15.6. The number of hydrogen-bond donors (Lipinski definition) is 1. The molecule has 0 aliphatic heterocycles. The summed E-state index contributed by atoms with van der Waals surface area (Å²) >= 11 is 3.37. The molecule has 0 radical (unpaired) electrons. The third-order valence-corrected chi connectivity index (χ3v) is 9.73. The number of allylic oxidation sites excluding steroid dienone is 2. The van der Waals surface area contributed by atoms with Gasteiger partial charge in [-0.1, -0.05) is 39.0 Å². The highest BCUT2D eigenvalue weighted by molar-refractivity contribution is 9.10. The molecular weight excluding hydrogens is 500 g/mol.